The molecule has 0 aliphatic carbocycles. The summed E-state index contributed by atoms with van der Waals surface area (Å²) in [6.45, 7) is 7.50. The fourth-order valence-corrected chi connectivity index (χ4v) is 1.57. The standard InChI is InChI=1S/C12H22ClN5O/c1-6-19-7-9(8(2)3)14-11-15-10(13)16-12(17-11)18(4)5/h8-9H,6-7H2,1-5H3,(H,14,15,16,17). The van der Waals surface area contributed by atoms with Crippen LogP contribution in [0.15, 0.2) is 0 Å². The maximum atomic E-state index is 5.90. The highest BCUT2D eigenvalue weighted by Gasteiger charge is 2.16. The third kappa shape index (κ3) is 5.16. The van der Waals surface area contributed by atoms with Crippen molar-refractivity contribution in [2.45, 2.75) is 26.8 Å². The summed E-state index contributed by atoms with van der Waals surface area (Å²) in [7, 11) is 3.71. The summed E-state index contributed by atoms with van der Waals surface area (Å²) in [4.78, 5) is 14.2. The Morgan fingerprint density at radius 1 is 1.26 bits per heavy atom. The number of anilines is 2. The molecule has 1 aromatic rings. The van der Waals surface area contributed by atoms with Gasteiger partial charge in [-0.25, -0.2) is 0 Å². The van der Waals surface area contributed by atoms with Gasteiger partial charge in [0, 0.05) is 20.7 Å². The predicted molar refractivity (Wildman–Crippen MR) is 77.9 cm³/mol. The molecule has 6 nitrogen and oxygen atoms in total. The van der Waals surface area contributed by atoms with Crippen LogP contribution in [0, 0.1) is 5.92 Å². The molecular weight excluding hydrogens is 266 g/mol. The number of rotatable bonds is 7. The van der Waals surface area contributed by atoms with Crippen LogP contribution in [0.2, 0.25) is 5.28 Å². The lowest BCUT2D eigenvalue weighted by Gasteiger charge is -2.22. The second kappa shape index (κ2) is 7.45. The fourth-order valence-electron chi connectivity index (χ4n) is 1.42. The van der Waals surface area contributed by atoms with E-state index in [1.165, 1.54) is 0 Å². The Hall–Kier alpha value is -1.14. The van der Waals surface area contributed by atoms with Crippen molar-refractivity contribution in [2.75, 3.05) is 37.5 Å². The minimum Gasteiger partial charge on any atom is -0.380 e. The number of hydrogen-bond donors (Lipinski definition) is 1. The van der Waals surface area contributed by atoms with Gasteiger partial charge in [-0.1, -0.05) is 13.8 Å². The van der Waals surface area contributed by atoms with Crippen molar-refractivity contribution >= 4 is 23.5 Å². The highest BCUT2D eigenvalue weighted by Crippen LogP contribution is 2.14. The monoisotopic (exact) mass is 287 g/mol. The fraction of sp³-hybridized carbons (Fsp3) is 0.750. The Morgan fingerprint density at radius 3 is 2.47 bits per heavy atom. The van der Waals surface area contributed by atoms with Gasteiger partial charge >= 0.3 is 0 Å². The van der Waals surface area contributed by atoms with Gasteiger partial charge in [-0.3, -0.25) is 0 Å². The number of halogens is 1. The number of ether oxygens (including phenoxy) is 1. The van der Waals surface area contributed by atoms with E-state index in [0.29, 0.717) is 31.0 Å². The normalized spacial score (nSPS) is 12.6. The molecule has 1 aromatic heterocycles. The quantitative estimate of drug-likeness (QED) is 0.828. The molecule has 0 aliphatic heterocycles. The molecule has 0 aromatic carbocycles. The Balaban J connectivity index is 2.83. The van der Waals surface area contributed by atoms with Crippen molar-refractivity contribution in [3.63, 3.8) is 0 Å². The van der Waals surface area contributed by atoms with Crippen LogP contribution in [-0.2, 0) is 4.74 Å². The van der Waals surface area contributed by atoms with Crippen molar-refractivity contribution in [1.82, 2.24) is 15.0 Å². The first-order valence-corrected chi connectivity index (χ1v) is 6.75. The van der Waals surface area contributed by atoms with Crippen molar-refractivity contribution < 1.29 is 4.74 Å². The third-order valence-corrected chi connectivity index (χ3v) is 2.79. The summed E-state index contributed by atoms with van der Waals surface area (Å²) < 4.78 is 5.46. The molecule has 0 saturated carbocycles. The molecule has 0 amide bonds. The summed E-state index contributed by atoms with van der Waals surface area (Å²) in [6, 6.07) is 0.133. The van der Waals surface area contributed by atoms with Gasteiger partial charge in [0.05, 0.1) is 12.6 Å². The first-order valence-electron chi connectivity index (χ1n) is 6.37. The van der Waals surface area contributed by atoms with Gasteiger partial charge in [0.25, 0.3) is 0 Å². The molecule has 1 heterocycles. The molecule has 0 spiro atoms. The van der Waals surface area contributed by atoms with Crippen molar-refractivity contribution in [1.29, 1.82) is 0 Å². The van der Waals surface area contributed by atoms with E-state index in [9.17, 15) is 0 Å². The van der Waals surface area contributed by atoms with Gasteiger partial charge in [-0.2, -0.15) is 15.0 Å². The van der Waals surface area contributed by atoms with Crippen LogP contribution < -0.4 is 10.2 Å². The summed E-state index contributed by atoms with van der Waals surface area (Å²) in [5.41, 5.74) is 0. The highest BCUT2D eigenvalue weighted by molar-refractivity contribution is 6.28. The van der Waals surface area contributed by atoms with Gasteiger partial charge in [-0.05, 0) is 24.4 Å². The third-order valence-electron chi connectivity index (χ3n) is 2.62. The largest absolute Gasteiger partial charge is 0.380 e. The van der Waals surface area contributed by atoms with Crippen molar-refractivity contribution in [2.24, 2.45) is 5.92 Å². The Morgan fingerprint density at radius 2 is 1.95 bits per heavy atom. The van der Waals surface area contributed by atoms with E-state index >= 15 is 0 Å². The minimum atomic E-state index is 0.133. The number of nitrogens with zero attached hydrogens (tertiary/aromatic N) is 4. The van der Waals surface area contributed by atoms with Crippen molar-refractivity contribution in [3.05, 3.63) is 5.28 Å². The topological polar surface area (TPSA) is 63.2 Å². The zero-order chi connectivity index (χ0) is 14.4. The molecule has 0 radical (unpaired) electrons. The van der Waals surface area contributed by atoms with E-state index < -0.39 is 0 Å². The Bertz CT molecular complexity index is 400. The molecule has 7 heteroatoms. The first kappa shape index (κ1) is 15.9. The lowest BCUT2D eigenvalue weighted by molar-refractivity contribution is 0.126. The first-order chi connectivity index (χ1) is 8.93. The SMILES string of the molecule is CCOCC(Nc1nc(Cl)nc(N(C)C)n1)C(C)C. The molecular formula is C12H22ClN5O. The molecule has 108 valence electrons. The highest BCUT2D eigenvalue weighted by atomic mass is 35.5. The Kier molecular flexibility index (Phi) is 6.24. The lowest BCUT2D eigenvalue weighted by Crippen LogP contribution is -2.32. The van der Waals surface area contributed by atoms with Crippen LogP contribution in [0.25, 0.3) is 0 Å². The molecule has 1 N–H and O–H groups in total. The Labute approximate surface area is 119 Å². The van der Waals surface area contributed by atoms with Gasteiger partial charge in [0.2, 0.25) is 17.2 Å². The van der Waals surface area contributed by atoms with Crippen LogP contribution in [0.1, 0.15) is 20.8 Å². The van der Waals surface area contributed by atoms with Crippen LogP contribution in [0.4, 0.5) is 11.9 Å². The molecule has 1 atom stereocenters. The van der Waals surface area contributed by atoms with E-state index in [-0.39, 0.29) is 11.3 Å². The zero-order valence-corrected chi connectivity index (χ0v) is 12.9. The lowest BCUT2D eigenvalue weighted by atomic mass is 10.1. The van der Waals surface area contributed by atoms with Crippen LogP contribution in [0.5, 0.6) is 0 Å². The number of aromatic nitrogens is 3. The molecule has 0 saturated heterocycles. The van der Waals surface area contributed by atoms with E-state index in [0.717, 1.165) is 0 Å². The smallest absolute Gasteiger partial charge is 0.230 e. The van der Waals surface area contributed by atoms with Crippen LogP contribution in [-0.4, -0.2) is 48.3 Å². The molecule has 1 rings (SSSR count). The summed E-state index contributed by atoms with van der Waals surface area (Å²) in [6.07, 6.45) is 0. The van der Waals surface area contributed by atoms with E-state index in [1.54, 1.807) is 4.90 Å². The van der Waals surface area contributed by atoms with Crippen LogP contribution in [0.3, 0.4) is 0 Å². The van der Waals surface area contributed by atoms with Gasteiger partial charge < -0.3 is 15.0 Å². The van der Waals surface area contributed by atoms with Crippen LogP contribution >= 0.6 is 11.6 Å². The van der Waals surface area contributed by atoms with E-state index in [4.69, 9.17) is 16.3 Å². The predicted octanol–water partition coefficient (Wildman–Crippen LogP) is 2.06. The molecule has 0 aliphatic rings. The molecule has 0 bridgehead atoms. The average molecular weight is 288 g/mol. The van der Waals surface area contributed by atoms with Gasteiger partial charge in [0.15, 0.2) is 0 Å². The number of nitrogens with one attached hydrogen (secondary N) is 1. The summed E-state index contributed by atoms with van der Waals surface area (Å²) in [5.74, 6) is 1.40. The summed E-state index contributed by atoms with van der Waals surface area (Å²) >= 11 is 5.90. The van der Waals surface area contributed by atoms with Crippen molar-refractivity contribution in [3.8, 4) is 0 Å². The number of hydrogen-bond acceptors (Lipinski definition) is 6. The zero-order valence-electron chi connectivity index (χ0n) is 12.1. The minimum absolute atomic E-state index is 0.133. The van der Waals surface area contributed by atoms with Gasteiger partial charge in [-0.15, -0.1) is 0 Å². The van der Waals surface area contributed by atoms with E-state index in [1.807, 2.05) is 21.0 Å². The molecule has 1 unspecified atom stereocenters. The maximum absolute atomic E-state index is 5.90. The van der Waals surface area contributed by atoms with Gasteiger partial charge in [0.1, 0.15) is 0 Å². The average Bonchev–Trinajstić information content (AvgIpc) is 2.33. The second-order valence-electron chi connectivity index (χ2n) is 4.78. The second-order valence-corrected chi connectivity index (χ2v) is 5.11. The summed E-state index contributed by atoms with van der Waals surface area (Å²) in [5, 5.41) is 3.43. The molecule has 19 heavy (non-hydrogen) atoms. The maximum Gasteiger partial charge on any atom is 0.230 e. The molecule has 0 fully saturated rings. The van der Waals surface area contributed by atoms with E-state index in [2.05, 4.69) is 34.1 Å².